The SMILES string of the molecule is COC(=O)c1c(-c2cccc(C#N)c2O)nn(-c2ccccc2)c1C(=O)OC. The minimum absolute atomic E-state index is 0.00203. The molecular formula is C20H15N3O5. The lowest BCUT2D eigenvalue weighted by atomic mass is 10.0. The number of rotatable bonds is 4. The van der Waals surface area contributed by atoms with E-state index in [2.05, 4.69) is 5.10 Å². The third-order valence-electron chi connectivity index (χ3n) is 4.07. The number of esters is 2. The van der Waals surface area contributed by atoms with Crippen molar-refractivity contribution in [3.05, 3.63) is 65.4 Å². The van der Waals surface area contributed by atoms with Crippen LogP contribution in [0.2, 0.25) is 0 Å². The summed E-state index contributed by atoms with van der Waals surface area (Å²) in [5.41, 5.74) is 0.267. The number of carbonyl (C=O) groups excluding carboxylic acids is 2. The molecule has 1 heterocycles. The average molecular weight is 377 g/mol. The van der Waals surface area contributed by atoms with Crippen molar-refractivity contribution in [2.45, 2.75) is 0 Å². The van der Waals surface area contributed by atoms with E-state index in [1.54, 1.807) is 30.3 Å². The van der Waals surface area contributed by atoms with E-state index in [1.807, 2.05) is 6.07 Å². The maximum Gasteiger partial charge on any atom is 0.357 e. The van der Waals surface area contributed by atoms with Crippen molar-refractivity contribution in [1.82, 2.24) is 9.78 Å². The smallest absolute Gasteiger partial charge is 0.357 e. The van der Waals surface area contributed by atoms with Gasteiger partial charge in [0.15, 0.2) is 5.69 Å². The van der Waals surface area contributed by atoms with E-state index in [9.17, 15) is 20.0 Å². The Balaban J connectivity index is 2.41. The molecule has 140 valence electrons. The van der Waals surface area contributed by atoms with Gasteiger partial charge in [-0.3, -0.25) is 0 Å². The number of benzene rings is 2. The van der Waals surface area contributed by atoms with Gasteiger partial charge in [0, 0.05) is 5.56 Å². The molecule has 0 bridgehead atoms. The van der Waals surface area contributed by atoms with Gasteiger partial charge in [-0.05, 0) is 24.3 Å². The Bertz CT molecular complexity index is 1100. The number of nitriles is 1. The van der Waals surface area contributed by atoms with E-state index in [0.29, 0.717) is 5.69 Å². The highest BCUT2D eigenvalue weighted by Gasteiger charge is 2.32. The summed E-state index contributed by atoms with van der Waals surface area (Å²) in [6.45, 7) is 0. The first-order chi connectivity index (χ1) is 13.5. The minimum atomic E-state index is -0.834. The quantitative estimate of drug-likeness (QED) is 0.695. The highest BCUT2D eigenvalue weighted by molar-refractivity contribution is 6.07. The molecule has 0 unspecified atom stereocenters. The molecule has 0 saturated carbocycles. The summed E-state index contributed by atoms with van der Waals surface area (Å²) in [6, 6.07) is 15.0. The molecule has 28 heavy (non-hydrogen) atoms. The number of hydrogen-bond donors (Lipinski definition) is 1. The molecule has 1 N–H and O–H groups in total. The van der Waals surface area contributed by atoms with Gasteiger partial charge in [-0.15, -0.1) is 0 Å². The molecule has 1 aromatic heterocycles. The third kappa shape index (κ3) is 3.05. The highest BCUT2D eigenvalue weighted by Crippen LogP contribution is 2.36. The Morgan fingerprint density at radius 1 is 1.04 bits per heavy atom. The molecule has 0 saturated heterocycles. The van der Waals surface area contributed by atoms with Crippen molar-refractivity contribution < 1.29 is 24.2 Å². The Morgan fingerprint density at radius 2 is 1.71 bits per heavy atom. The Morgan fingerprint density at radius 3 is 2.32 bits per heavy atom. The summed E-state index contributed by atoms with van der Waals surface area (Å²) in [5.74, 6) is -2.00. The fourth-order valence-corrected chi connectivity index (χ4v) is 2.77. The van der Waals surface area contributed by atoms with Gasteiger partial charge in [-0.25, -0.2) is 14.3 Å². The van der Waals surface area contributed by atoms with Crippen molar-refractivity contribution >= 4 is 11.9 Å². The largest absolute Gasteiger partial charge is 0.506 e. The monoisotopic (exact) mass is 377 g/mol. The number of carbonyl (C=O) groups is 2. The molecule has 0 atom stereocenters. The van der Waals surface area contributed by atoms with Crippen LogP contribution in [0.15, 0.2) is 48.5 Å². The lowest BCUT2D eigenvalue weighted by molar-refractivity contribution is 0.0549. The van der Waals surface area contributed by atoms with Gasteiger partial charge in [-0.1, -0.05) is 24.3 Å². The van der Waals surface area contributed by atoms with Gasteiger partial charge in [0.25, 0.3) is 0 Å². The molecule has 2 aromatic carbocycles. The molecule has 0 spiro atoms. The van der Waals surface area contributed by atoms with Crippen LogP contribution < -0.4 is 0 Å². The summed E-state index contributed by atoms with van der Waals surface area (Å²) in [5, 5.41) is 24.0. The van der Waals surface area contributed by atoms with Crippen molar-refractivity contribution in [1.29, 1.82) is 5.26 Å². The first-order valence-electron chi connectivity index (χ1n) is 8.11. The zero-order valence-corrected chi connectivity index (χ0v) is 15.0. The molecule has 8 heteroatoms. The van der Waals surface area contributed by atoms with Gasteiger partial charge in [0.2, 0.25) is 0 Å². The van der Waals surface area contributed by atoms with Crippen molar-refractivity contribution in [2.24, 2.45) is 0 Å². The maximum atomic E-state index is 12.5. The Labute approximate surface area is 160 Å². The fraction of sp³-hybridized carbons (Fsp3) is 0.100. The maximum absolute atomic E-state index is 12.5. The molecule has 0 amide bonds. The first kappa shape index (κ1) is 18.7. The Kier molecular flexibility index (Phi) is 5.09. The lowest BCUT2D eigenvalue weighted by Gasteiger charge is -2.07. The summed E-state index contributed by atoms with van der Waals surface area (Å²) < 4.78 is 10.9. The summed E-state index contributed by atoms with van der Waals surface area (Å²) in [7, 11) is 2.35. The molecule has 3 aromatic rings. The number of aromatic hydroxyl groups is 1. The topological polar surface area (TPSA) is 114 Å². The average Bonchev–Trinajstić information content (AvgIpc) is 3.13. The van der Waals surface area contributed by atoms with E-state index >= 15 is 0 Å². The zero-order valence-electron chi connectivity index (χ0n) is 15.0. The zero-order chi connectivity index (χ0) is 20.3. The molecule has 0 fully saturated rings. The van der Waals surface area contributed by atoms with Crippen LogP contribution >= 0.6 is 0 Å². The van der Waals surface area contributed by atoms with Crippen LogP contribution in [0.25, 0.3) is 16.9 Å². The van der Waals surface area contributed by atoms with Gasteiger partial charge in [-0.2, -0.15) is 10.4 Å². The number of nitrogens with zero attached hydrogens (tertiary/aromatic N) is 3. The number of para-hydroxylation sites is 2. The summed E-state index contributed by atoms with van der Waals surface area (Å²) >= 11 is 0. The molecule has 8 nitrogen and oxygen atoms in total. The number of methoxy groups -OCH3 is 2. The van der Waals surface area contributed by atoms with Crippen LogP contribution in [0.4, 0.5) is 0 Å². The van der Waals surface area contributed by atoms with E-state index in [0.717, 1.165) is 0 Å². The second-order valence-corrected chi connectivity index (χ2v) is 5.62. The minimum Gasteiger partial charge on any atom is -0.506 e. The number of phenols is 1. The van der Waals surface area contributed by atoms with Crippen LogP contribution in [0, 0.1) is 11.3 Å². The van der Waals surface area contributed by atoms with Gasteiger partial charge in [0.05, 0.1) is 25.5 Å². The van der Waals surface area contributed by atoms with E-state index in [4.69, 9.17) is 9.47 Å². The fourth-order valence-electron chi connectivity index (χ4n) is 2.77. The molecule has 0 aliphatic carbocycles. The predicted molar refractivity (Wildman–Crippen MR) is 98.1 cm³/mol. The van der Waals surface area contributed by atoms with Gasteiger partial charge < -0.3 is 14.6 Å². The second kappa shape index (κ2) is 7.63. The van der Waals surface area contributed by atoms with Crippen molar-refractivity contribution in [2.75, 3.05) is 14.2 Å². The van der Waals surface area contributed by atoms with E-state index in [1.165, 1.54) is 37.1 Å². The highest BCUT2D eigenvalue weighted by atomic mass is 16.5. The van der Waals surface area contributed by atoms with Crippen molar-refractivity contribution in [3.8, 4) is 28.8 Å². The normalized spacial score (nSPS) is 10.2. The second-order valence-electron chi connectivity index (χ2n) is 5.62. The van der Waals surface area contributed by atoms with Crippen LogP contribution in [0.5, 0.6) is 5.75 Å². The van der Waals surface area contributed by atoms with E-state index in [-0.39, 0.29) is 33.8 Å². The standard InChI is InChI=1S/C20H15N3O5/c1-27-19(25)15-16(14-10-6-7-12(11-21)18(14)24)22-23(17(15)20(26)28-2)13-8-4-3-5-9-13/h3-10,24H,1-2H3. The number of phenolic OH excluding ortho intramolecular Hbond substituents is 1. The van der Waals surface area contributed by atoms with Crippen LogP contribution in [0.1, 0.15) is 26.4 Å². The molecule has 0 aliphatic heterocycles. The van der Waals surface area contributed by atoms with Crippen LogP contribution in [0.3, 0.4) is 0 Å². The first-order valence-corrected chi connectivity index (χ1v) is 8.11. The van der Waals surface area contributed by atoms with Crippen LogP contribution in [-0.4, -0.2) is 41.0 Å². The Hall–Kier alpha value is -4.12. The van der Waals surface area contributed by atoms with Gasteiger partial charge in [0.1, 0.15) is 23.1 Å². The predicted octanol–water partition coefficient (Wildman–Crippen LogP) is 2.69. The number of aromatic nitrogens is 2. The molecular weight excluding hydrogens is 362 g/mol. The molecule has 0 aliphatic rings. The molecule has 0 radical (unpaired) electrons. The summed E-state index contributed by atoms with van der Waals surface area (Å²) in [4.78, 5) is 25.0. The van der Waals surface area contributed by atoms with Gasteiger partial charge >= 0.3 is 11.9 Å². The number of ether oxygens (including phenoxy) is 2. The number of hydrogen-bond acceptors (Lipinski definition) is 7. The summed E-state index contributed by atoms with van der Waals surface area (Å²) in [6.07, 6.45) is 0. The van der Waals surface area contributed by atoms with E-state index < -0.39 is 11.9 Å². The van der Waals surface area contributed by atoms with Crippen LogP contribution in [-0.2, 0) is 9.47 Å². The molecule has 3 rings (SSSR count). The third-order valence-corrected chi connectivity index (χ3v) is 4.07. The lowest BCUT2D eigenvalue weighted by Crippen LogP contribution is -2.15. The van der Waals surface area contributed by atoms with Crippen molar-refractivity contribution in [3.63, 3.8) is 0 Å².